The van der Waals surface area contributed by atoms with Crippen LogP contribution in [0.25, 0.3) is 0 Å². The van der Waals surface area contributed by atoms with E-state index in [1.165, 1.54) is 77.5 Å². The predicted molar refractivity (Wildman–Crippen MR) is 177 cm³/mol. The average Bonchev–Trinajstić information content (AvgIpc) is 2.83. The van der Waals surface area contributed by atoms with Gasteiger partial charge in [-0.2, -0.15) is 0 Å². The van der Waals surface area contributed by atoms with Gasteiger partial charge in [-0.25, -0.2) is 0 Å². The Kier molecular flexibility index (Phi) is 22.4. The summed E-state index contributed by atoms with van der Waals surface area (Å²) in [4.78, 5) is 11.0. The van der Waals surface area contributed by atoms with Gasteiger partial charge in [0.25, 0.3) is 0 Å². The van der Waals surface area contributed by atoms with Crippen molar-refractivity contribution in [2.75, 3.05) is 0 Å². The van der Waals surface area contributed by atoms with Crippen LogP contribution in [0.2, 0.25) is 0 Å². The maximum Gasteiger partial charge on any atom is 0.130 e. The first-order valence-corrected chi connectivity index (χ1v) is 15.6. The number of hydrogen-bond donors (Lipinski definition) is 0. The van der Waals surface area contributed by atoms with E-state index in [2.05, 4.69) is 97.9 Å². The number of Topliss-reactive ketones (excluding diaryl/α,β-unsaturated/α-hetero) is 1. The van der Waals surface area contributed by atoms with Gasteiger partial charge < -0.3 is 4.79 Å². The summed E-state index contributed by atoms with van der Waals surface area (Å²) in [7, 11) is 0. The molecule has 0 heterocycles. The predicted octanol–water partition coefficient (Wildman–Crippen LogP) is 12.7. The molecule has 0 amide bonds. The molecule has 0 rings (SSSR count). The van der Waals surface area contributed by atoms with Gasteiger partial charge in [-0.15, -0.1) is 0 Å². The lowest BCUT2D eigenvalue weighted by atomic mass is 10.0. The molecule has 1 heteroatoms. The third kappa shape index (κ3) is 25.9. The minimum atomic E-state index is 0.276. The van der Waals surface area contributed by atoms with E-state index in [0.29, 0.717) is 6.42 Å². The van der Waals surface area contributed by atoms with Gasteiger partial charge in [0.15, 0.2) is 0 Å². The summed E-state index contributed by atoms with van der Waals surface area (Å²) in [5.41, 5.74) is 10.4. The van der Waals surface area contributed by atoms with Crippen LogP contribution < -0.4 is 0 Å². The zero-order valence-corrected chi connectivity index (χ0v) is 27.3. The summed E-state index contributed by atoms with van der Waals surface area (Å²) < 4.78 is 0. The van der Waals surface area contributed by atoms with E-state index in [1.807, 2.05) is 0 Å². The first-order chi connectivity index (χ1) is 18.5. The van der Waals surface area contributed by atoms with Crippen molar-refractivity contribution in [3.05, 3.63) is 81.5 Å². The Morgan fingerprint density at radius 1 is 0.333 bits per heavy atom. The standard InChI is InChI=1S/C38H62O/c1-31(2)17-10-18-32(3)19-11-20-33(4)21-12-22-34(5)23-13-24-35(6)25-14-26-36(7)27-15-28-37(8)29-16-30-38(9)39/h17,19,21,23,25,27,29H,10-16,18,20,22,24,26,28,30H2,1-9H3/b32-19+,33-21+,34-23+,35-25+,36-27+,37-29+. The van der Waals surface area contributed by atoms with Crippen LogP contribution in [0.5, 0.6) is 0 Å². The fourth-order valence-electron chi connectivity index (χ4n) is 4.45. The van der Waals surface area contributed by atoms with Crippen LogP contribution in [0.3, 0.4) is 0 Å². The van der Waals surface area contributed by atoms with Gasteiger partial charge >= 0.3 is 0 Å². The molecule has 220 valence electrons. The summed E-state index contributed by atoms with van der Waals surface area (Å²) in [5.74, 6) is 0.276. The second-order valence-corrected chi connectivity index (χ2v) is 12.1. The fourth-order valence-corrected chi connectivity index (χ4v) is 4.45. The molecule has 0 N–H and O–H groups in total. The highest BCUT2D eigenvalue weighted by molar-refractivity contribution is 5.75. The van der Waals surface area contributed by atoms with E-state index >= 15 is 0 Å². The summed E-state index contributed by atoms with van der Waals surface area (Å²) >= 11 is 0. The molecule has 0 aliphatic rings. The normalized spacial score (nSPS) is 14.2. The Labute approximate surface area is 244 Å². The number of carbonyl (C=O) groups excluding carboxylic acids is 1. The Morgan fingerprint density at radius 3 is 0.744 bits per heavy atom. The number of rotatable bonds is 21. The van der Waals surface area contributed by atoms with Gasteiger partial charge in [0.1, 0.15) is 5.78 Å². The van der Waals surface area contributed by atoms with Crippen molar-refractivity contribution in [3.63, 3.8) is 0 Å². The van der Waals surface area contributed by atoms with Gasteiger partial charge in [0.2, 0.25) is 0 Å². The van der Waals surface area contributed by atoms with E-state index in [9.17, 15) is 4.79 Å². The molecule has 39 heavy (non-hydrogen) atoms. The van der Waals surface area contributed by atoms with Crippen molar-refractivity contribution in [3.8, 4) is 0 Å². The molecule has 0 spiro atoms. The number of allylic oxidation sites excluding steroid dienone is 14. The van der Waals surface area contributed by atoms with Crippen molar-refractivity contribution in [1.29, 1.82) is 0 Å². The Balaban J connectivity index is 4.16. The van der Waals surface area contributed by atoms with Crippen LogP contribution in [0.1, 0.15) is 152 Å². The molecule has 0 saturated heterocycles. The smallest absolute Gasteiger partial charge is 0.130 e. The molecule has 0 aliphatic heterocycles. The van der Waals surface area contributed by atoms with E-state index in [0.717, 1.165) is 44.9 Å². The zero-order chi connectivity index (χ0) is 29.5. The molecule has 0 unspecified atom stereocenters. The van der Waals surface area contributed by atoms with Crippen LogP contribution in [0.15, 0.2) is 81.5 Å². The lowest BCUT2D eigenvalue weighted by molar-refractivity contribution is -0.116. The number of hydrogen-bond acceptors (Lipinski definition) is 1. The molecule has 0 aliphatic carbocycles. The van der Waals surface area contributed by atoms with Crippen LogP contribution in [-0.4, -0.2) is 5.78 Å². The minimum Gasteiger partial charge on any atom is -0.300 e. The molecule has 0 aromatic carbocycles. The Morgan fingerprint density at radius 2 is 0.538 bits per heavy atom. The largest absolute Gasteiger partial charge is 0.300 e. The van der Waals surface area contributed by atoms with Crippen LogP contribution in [0.4, 0.5) is 0 Å². The van der Waals surface area contributed by atoms with E-state index in [-0.39, 0.29) is 5.78 Å². The quantitative estimate of drug-likeness (QED) is 0.134. The van der Waals surface area contributed by atoms with Crippen molar-refractivity contribution < 1.29 is 4.79 Å². The van der Waals surface area contributed by atoms with Gasteiger partial charge in [-0.05, 0) is 146 Å². The molecule has 1 nitrogen and oxygen atoms in total. The van der Waals surface area contributed by atoms with Crippen LogP contribution in [0, 0.1) is 0 Å². The summed E-state index contributed by atoms with van der Waals surface area (Å²) in [6, 6.07) is 0. The number of ketones is 1. The topological polar surface area (TPSA) is 17.1 Å². The average molecular weight is 535 g/mol. The van der Waals surface area contributed by atoms with Crippen molar-refractivity contribution in [2.45, 2.75) is 152 Å². The second kappa shape index (κ2) is 23.7. The van der Waals surface area contributed by atoms with Crippen molar-refractivity contribution >= 4 is 5.78 Å². The lowest BCUT2D eigenvalue weighted by Crippen LogP contribution is -1.87. The Hall–Kier alpha value is -2.15. The van der Waals surface area contributed by atoms with Gasteiger partial charge in [-0.1, -0.05) is 81.5 Å². The molecule has 0 aromatic rings. The maximum absolute atomic E-state index is 11.0. The molecule has 0 atom stereocenters. The van der Waals surface area contributed by atoms with Gasteiger partial charge in [-0.3, -0.25) is 0 Å². The molecule has 0 bridgehead atoms. The summed E-state index contributed by atoms with van der Waals surface area (Å²) in [6.45, 7) is 19.6. The monoisotopic (exact) mass is 534 g/mol. The molecule has 0 aromatic heterocycles. The first-order valence-electron chi connectivity index (χ1n) is 15.6. The lowest BCUT2D eigenvalue weighted by Gasteiger charge is -2.04. The maximum atomic E-state index is 11.0. The fraction of sp³-hybridized carbons (Fsp3) is 0.605. The molecule has 0 fully saturated rings. The SMILES string of the molecule is CC(=O)CC/C=C(\C)CC/C=C(\C)CC/C=C(\C)CC/C=C(\C)CC/C=C(\C)CC/C=C(\C)CCC=C(C)C. The summed E-state index contributed by atoms with van der Waals surface area (Å²) in [6.07, 6.45) is 32.1. The molecular weight excluding hydrogens is 472 g/mol. The van der Waals surface area contributed by atoms with Crippen LogP contribution >= 0.6 is 0 Å². The second-order valence-electron chi connectivity index (χ2n) is 12.1. The van der Waals surface area contributed by atoms with Crippen molar-refractivity contribution in [1.82, 2.24) is 0 Å². The highest BCUT2D eigenvalue weighted by Gasteiger charge is 1.97. The molecular formula is C38H62O. The molecule has 0 saturated carbocycles. The van der Waals surface area contributed by atoms with E-state index in [4.69, 9.17) is 0 Å². The first kappa shape index (κ1) is 36.8. The third-order valence-electron chi connectivity index (χ3n) is 7.24. The van der Waals surface area contributed by atoms with Gasteiger partial charge in [0.05, 0.1) is 0 Å². The van der Waals surface area contributed by atoms with E-state index < -0.39 is 0 Å². The molecule has 0 radical (unpaired) electrons. The van der Waals surface area contributed by atoms with Crippen LogP contribution in [-0.2, 0) is 4.79 Å². The third-order valence-corrected chi connectivity index (χ3v) is 7.24. The van der Waals surface area contributed by atoms with E-state index in [1.54, 1.807) is 6.92 Å². The Bertz CT molecular complexity index is 906. The number of carbonyl (C=O) groups is 1. The summed E-state index contributed by atoms with van der Waals surface area (Å²) in [5, 5.41) is 0. The minimum absolute atomic E-state index is 0.276. The highest BCUT2D eigenvalue weighted by atomic mass is 16.1. The highest BCUT2D eigenvalue weighted by Crippen LogP contribution is 2.16. The van der Waals surface area contributed by atoms with Gasteiger partial charge in [0, 0.05) is 6.42 Å². The zero-order valence-electron chi connectivity index (χ0n) is 27.3. The van der Waals surface area contributed by atoms with Crippen molar-refractivity contribution in [2.24, 2.45) is 0 Å².